The standard InChI is InChI=1S/C29H24N6O2/c36-27(25-11-6-16-35(28(25)37)20-22-8-4-14-30-18-22)31-15-5-7-21-12-13-26-23(17-21)19-32-29(34-26)33-24-9-2-1-3-10-24/h1-14,16-19H,15,20H2,(H,31,36)(H,32,33,34)/b7-5+. The fraction of sp³-hybridized carbons (Fsp3) is 0.0690. The number of nitrogens with one attached hydrogen (secondary N) is 2. The second kappa shape index (κ2) is 11.1. The smallest absolute Gasteiger partial charge is 0.263 e. The molecule has 2 N–H and O–H groups in total. The van der Waals surface area contributed by atoms with Gasteiger partial charge in [-0.3, -0.25) is 14.6 Å². The van der Waals surface area contributed by atoms with Gasteiger partial charge in [-0.15, -0.1) is 0 Å². The van der Waals surface area contributed by atoms with E-state index in [0.29, 0.717) is 12.5 Å². The van der Waals surface area contributed by atoms with Gasteiger partial charge in [0.1, 0.15) is 5.56 Å². The molecule has 3 aromatic heterocycles. The summed E-state index contributed by atoms with van der Waals surface area (Å²) in [7, 11) is 0. The normalized spacial score (nSPS) is 11.0. The largest absolute Gasteiger partial charge is 0.348 e. The maximum Gasteiger partial charge on any atom is 0.263 e. The minimum atomic E-state index is -0.416. The number of carbonyl (C=O) groups is 1. The molecule has 5 aromatic rings. The van der Waals surface area contributed by atoms with Crippen LogP contribution >= 0.6 is 0 Å². The highest BCUT2D eigenvalue weighted by Crippen LogP contribution is 2.18. The first-order valence-corrected chi connectivity index (χ1v) is 11.8. The highest BCUT2D eigenvalue weighted by atomic mass is 16.2. The van der Waals surface area contributed by atoms with E-state index in [1.165, 1.54) is 10.6 Å². The lowest BCUT2D eigenvalue weighted by atomic mass is 10.1. The van der Waals surface area contributed by atoms with E-state index in [1.807, 2.05) is 72.8 Å². The molecule has 1 amide bonds. The Kier molecular flexibility index (Phi) is 7.08. The summed E-state index contributed by atoms with van der Waals surface area (Å²) in [5.41, 5.74) is 3.34. The number of benzene rings is 2. The molecule has 0 aliphatic rings. The van der Waals surface area contributed by atoms with Crippen molar-refractivity contribution in [3.05, 3.63) is 131 Å². The van der Waals surface area contributed by atoms with Gasteiger partial charge >= 0.3 is 0 Å². The zero-order valence-electron chi connectivity index (χ0n) is 19.9. The van der Waals surface area contributed by atoms with Gasteiger partial charge < -0.3 is 15.2 Å². The number of pyridine rings is 2. The summed E-state index contributed by atoms with van der Waals surface area (Å²) >= 11 is 0. The summed E-state index contributed by atoms with van der Waals surface area (Å²) in [6.45, 7) is 0.632. The topological polar surface area (TPSA) is 102 Å². The maximum absolute atomic E-state index is 12.8. The average Bonchev–Trinajstić information content (AvgIpc) is 2.93. The summed E-state index contributed by atoms with van der Waals surface area (Å²) in [5, 5.41) is 6.88. The zero-order chi connectivity index (χ0) is 25.5. The number of carbonyl (C=O) groups excluding carboxylic acids is 1. The number of aromatic nitrogens is 4. The van der Waals surface area contributed by atoms with Crippen molar-refractivity contribution in [3.63, 3.8) is 0 Å². The van der Waals surface area contributed by atoms with Crippen LogP contribution in [0.4, 0.5) is 11.6 Å². The van der Waals surface area contributed by atoms with Crippen molar-refractivity contribution in [1.82, 2.24) is 24.8 Å². The van der Waals surface area contributed by atoms with Crippen LogP contribution in [0, 0.1) is 0 Å². The van der Waals surface area contributed by atoms with Crippen LogP contribution in [0.25, 0.3) is 17.0 Å². The van der Waals surface area contributed by atoms with Crippen LogP contribution in [-0.2, 0) is 6.54 Å². The van der Waals surface area contributed by atoms with Crippen molar-refractivity contribution in [1.29, 1.82) is 0 Å². The Bertz CT molecular complexity index is 1610. The van der Waals surface area contributed by atoms with Crippen molar-refractivity contribution in [3.8, 4) is 0 Å². The van der Waals surface area contributed by atoms with E-state index in [1.54, 1.807) is 30.9 Å². The van der Waals surface area contributed by atoms with Crippen molar-refractivity contribution < 1.29 is 4.79 Å². The van der Waals surface area contributed by atoms with Crippen LogP contribution in [0.2, 0.25) is 0 Å². The molecule has 2 aromatic carbocycles. The lowest BCUT2D eigenvalue weighted by Crippen LogP contribution is -2.33. The first-order chi connectivity index (χ1) is 18.2. The van der Waals surface area contributed by atoms with Gasteiger partial charge in [-0.2, -0.15) is 0 Å². The monoisotopic (exact) mass is 488 g/mol. The van der Waals surface area contributed by atoms with Gasteiger partial charge in [0.2, 0.25) is 5.95 Å². The molecule has 8 nitrogen and oxygen atoms in total. The van der Waals surface area contributed by atoms with E-state index < -0.39 is 5.91 Å². The minimum Gasteiger partial charge on any atom is -0.348 e. The van der Waals surface area contributed by atoms with Gasteiger partial charge in [0.25, 0.3) is 11.5 Å². The predicted octanol–water partition coefficient (Wildman–Crippen LogP) is 4.42. The van der Waals surface area contributed by atoms with Gasteiger partial charge in [-0.25, -0.2) is 9.97 Å². The highest BCUT2D eigenvalue weighted by molar-refractivity contribution is 5.93. The third-order valence-corrected chi connectivity index (χ3v) is 5.67. The molecule has 37 heavy (non-hydrogen) atoms. The van der Waals surface area contributed by atoms with Gasteiger partial charge in [0.05, 0.1) is 12.1 Å². The molecule has 0 aliphatic carbocycles. The lowest BCUT2D eigenvalue weighted by molar-refractivity contribution is 0.0956. The van der Waals surface area contributed by atoms with E-state index in [-0.39, 0.29) is 17.7 Å². The Morgan fingerprint density at radius 1 is 0.973 bits per heavy atom. The Hall–Kier alpha value is -5.11. The van der Waals surface area contributed by atoms with Gasteiger partial charge in [0.15, 0.2) is 0 Å². The van der Waals surface area contributed by atoms with E-state index in [2.05, 4.69) is 25.6 Å². The Morgan fingerprint density at radius 2 is 1.86 bits per heavy atom. The second-order valence-corrected chi connectivity index (χ2v) is 8.33. The number of hydrogen-bond acceptors (Lipinski definition) is 6. The van der Waals surface area contributed by atoms with Gasteiger partial charge in [-0.05, 0) is 53.6 Å². The summed E-state index contributed by atoms with van der Waals surface area (Å²) in [6.07, 6.45) is 10.6. The number of nitrogens with zero attached hydrogens (tertiary/aromatic N) is 4. The molecular weight excluding hydrogens is 464 g/mol. The number of rotatable bonds is 8. The van der Waals surface area contributed by atoms with Crippen LogP contribution < -0.4 is 16.2 Å². The third-order valence-electron chi connectivity index (χ3n) is 5.67. The van der Waals surface area contributed by atoms with Crippen molar-refractivity contribution in [2.24, 2.45) is 0 Å². The molecule has 0 aliphatic heterocycles. The van der Waals surface area contributed by atoms with Gasteiger partial charge in [0, 0.05) is 42.4 Å². The molecule has 182 valence electrons. The van der Waals surface area contributed by atoms with E-state index in [9.17, 15) is 9.59 Å². The molecular formula is C29H24N6O2. The quantitative estimate of drug-likeness (QED) is 0.335. The predicted molar refractivity (Wildman–Crippen MR) is 145 cm³/mol. The van der Waals surface area contributed by atoms with Crippen LogP contribution in [0.3, 0.4) is 0 Å². The fourth-order valence-electron chi connectivity index (χ4n) is 3.83. The minimum absolute atomic E-state index is 0.0996. The Balaban J connectivity index is 1.20. The van der Waals surface area contributed by atoms with E-state index >= 15 is 0 Å². The Morgan fingerprint density at radius 3 is 2.70 bits per heavy atom. The summed E-state index contributed by atoms with van der Waals surface area (Å²) in [4.78, 5) is 38.4. The van der Waals surface area contributed by atoms with Crippen molar-refractivity contribution >= 4 is 34.5 Å². The summed E-state index contributed by atoms with van der Waals surface area (Å²) in [6, 6.07) is 22.5. The van der Waals surface area contributed by atoms with Gasteiger partial charge in [-0.1, -0.05) is 42.5 Å². The van der Waals surface area contributed by atoms with Crippen LogP contribution in [0.5, 0.6) is 0 Å². The van der Waals surface area contributed by atoms with Crippen molar-refractivity contribution in [2.75, 3.05) is 11.9 Å². The number of fused-ring (bicyclic) bond motifs is 1. The molecule has 0 unspecified atom stereocenters. The van der Waals surface area contributed by atoms with E-state index in [0.717, 1.165) is 27.7 Å². The molecule has 3 heterocycles. The van der Waals surface area contributed by atoms with Crippen molar-refractivity contribution in [2.45, 2.75) is 6.54 Å². The molecule has 0 saturated carbocycles. The molecule has 8 heteroatoms. The number of para-hydroxylation sites is 1. The molecule has 0 spiro atoms. The average molecular weight is 489 g/mol. The number of hydrogen-bond donors (Lipinski definition) is 2. The maximum atomic E-state index is 12.8. The van der Waals surface area contributed by atoms with E-state index in [4.69, 9.17) is 0 Å². The fourth-order valence-corrected chi connectivity index (χ4v) is 3.83. The highest BCUT2D eigenvalue weighted by Gasteiger charge is 2.11. The zero-order valence-corrected chi connectivity index (χ0v) is 19.9. The first-order valence-electron chi connectivity index (χ1n) is 11.8. The first kappa shape index (κ1) is 23.6. The SMILES string of the molecule is O=C(NC/C=C/c1ccc2nc(Nc3ccccc3)ncc2c1)c1cccn(Cc2cccnc2)c1=O. The molecule has 0 fully saturated rings. The third kappa shape index (κ3) is 5.94. The summed E-state index contributed by atoms with van der Waals surface area (Å²) < 4.78 is 1.50. The molecule has 0 saturated heterocycles. The Labute approximate surface area is 213 Å². The second-order valence-electron chi connectivity index (χ2n) is 8.33. The molecule has 5 rings (SSSR count). The number of amides is 1. The van der Waals surface area contributed by atoms with Crippen LogP contribution in [0.15, 0.2) is 108 Å². The van der Waals surface area contributed by atoms with Crippen LogP contribution in [0.1, 0.15) is 21.5 Å². The summed E-state index contributed by atoms with van der Waals surface area (Å²) in [5.74, 6) is 0.116. The molecule has 0 radical (unpaired) electrons. The lowest BCUT2D eigenvalue weighted by Gasteiger charge is -2.08. The van der Waals surface area contributed by atoms with Crippen LogP contribution in [-0.4, -0.2) is 32.0 Å². The number of anilines is 2. The molecule has 0 atom stereocenters. The molecule has 0 bridgehead atoms.